The van der Waals surface area contributed by atoms with E-state index < -0.39 is 10.0 Å². The van der Waals surface area contributed by atoms with Crippen molar-refractivity contribution in [3.05, 3.63) is 12.4 Å². The molecule has 6 heteroatoms. The fraction of sp³-hybridized carbons (Fsp3) is 0.667. The Morgan fingerprint density at radius 1 is 1.60 bits per heavy atom. The summed E-state index contributed by atoms with van der Waals surface area (Å²) in [5, 5.41) is 6.18. The molecule has 1 N–H and O–H groups in total. The van der Waals surface area contributed by atoms with Gasteiger partial charge in [0.1, 0.15) is 4.90 Å². The van der Waals surface area contributed by atoms with Crippen LogP contribution in [0.1, 0.15) is 19.8 Å². The Hall–Kier alpha value is -0.880. The average molecular weight is 229 g/mol. The molecule has 1 heterocycles. The third kappa shape index (κ3) is 1.91. The van der Waals surface area contributed by atoms with Crippen LogP contribution in [0.2, 0.25) is 0 Å². The zero-order valence-corrected chi connectivity index (χ0v) is 9.66. The van der Waals surface area contributed by atoms with Gasteiger partial charge in [0.05, 0.1) is 6.20 Å². The summed E-state index contributed by atoms with van der Waals surface area (Å²) in [6.07, 6.45) is 5.01. The summed E-state index contributed by atoms with van der Waals surface area (Å²) in [6.45, 7) is 1.95. The van der Waals surface area contributed by atoms with Gasteiger partial charge in [0, 0.05) is 19.3 Å². The fourth-order valence-electron chi connectivity index (χ4n) is 1.64. The van der Waals surface area contributed by atoms with Crippen LogP contribution in [0.3, 0.4) is 0 Å². The Balaban J connectivity index is 2.21. The molecule has 2 rings (SSSR count). The molecule has 1 aromatic rings. The smallest absolute Gasteiger partial charge is 0.246 e. The Morgan fingerprint density at radius 2 is 2.27 bits per heavy atom. The van der Waals surface area contributed by atoms with Gasteiger partial charge < -0.3 is 0 Å². The van der Waals surface area contributed by atoms with Crippen LogP contribution < -0.4 is 0 Å². The molecule has 0 aromatic carbocycles. The molecule has 1 saturated carbocycles. The van der Waals surface area contributed by atoms with Gasteiger partial charge in [-0.25, -0.2) is 8.42 Å². The highest BCUT2D eigenvalue weighted by atomic mass is 32.2. The third-order valence-corrected chi connectivity index (χ3v) is 4.94. The van der Waals surface area contributed by atoms with Crippen molar-refractivity contribution in [3.8, 4) is 0 Å². The van der Waals surface area contributed by atoms with Gasteiger partial charge in [0.2, 0.25) is 10.0 Å². The van der Waals surface area contributed by atoms with Crippen LogP contribution in [-0.2, 0) is 10.0 Å². The second-order valence-electron chi connectivity index (χ2n) is 4.03. The van der Waals surface area contributed by atoms with Crippen molar-refractivity contribution in [2.75, 3.05) is 7.05 Å². The van der Waals surface area contributed by atoms with Crippen molar-refractivity contribution >= 4 is 10.0 Å². The second-order valence-corrected chi connectivity index (χ2v) is 6.03. The molecule has 1 aliphatic rings. The number of nitrogens with zero attached hydrogens (tertiary/aromatic N) is 2. The molecule has 5 nitrogen and oxygen atoms in total. The molecular formula is C9H15N3O2S. The van der Waals surface area contributed by atoms with Gasteiger partial charge in [-0.2, -0.15) is 9.40 Å². The van der Waals surface area contributed by atoms with Crippen molar-refractivity contribution in [2.45, 2.75) is 30.7 Å². The maximum Gasteiger partial charge on any atom is 0.246 e. The molecule has 0 radical (unpaired) electrons. The molecule has 0 bridgehead atoms. The Bertz CT molecular complexity index is 422. The van der Waals surface area contributed by atoms with E-state index in [4.69, 9.17) is 0 Å². The maximum absolute atomic E-state index is 12.0. The van der Waals surface area contributed by atoms with Gasteiger partial charge in [0.15, 0.2) is 0 Å². The zero-order valence-electron chi connectivity index (χ0n) is 8.84. The van der Waals surface area contributed by atoms with Crippen molar-refractivity contribution < 1.29 is 8.42 Å². The minimum Gasteiger partial charge on any atom is -0.284 e. The van der Waals surface area contributed by atoms with Crippen LogP contribution in [-0.4, -0.2) is 36.0 Å². The molecule has 1 atom stereocenters. The van der Waals surface area contributed by atoms with E-state index >= 15 is 0 Å². The summed E-state index contributed by atoms with van der Waals surface area (Å²) in [4.78, 5) is 0.234. The number of rotatable bonds is 4. The molecule has 0 spiro atoms. The van der Waals surface area contributed by atoms with Gasteiger partial charge in [-0.1, -0.05) is 0 Å². The Kier molecular flexibility index (Phi) is 2.56. The van der Waals surface area contributed by atoms with E-state index in [1.54, 1.807) is 7.05 Å². The Labute approximate surface area is 89.5 Å². The van der Waals surface area contributed by atoms with Crippen LogP contribution in [0.4, 0.5) is 0 Å². The van der Waals surface area contributed by atoms with Crippen molar-refractivity contribution in [1.82, 2.24) is 14.5 Å². The number of H-pyrrole nitrogens is 1. The molecule has 84 valence electrons. The number of nitrogens with one attached hydrogen (secondary N) is 1. The molecule has 15 heavy (non-hydrogen) atoms. The topological polar surface area (TPSA) is 66.1 Å². The molecule has 0 saturated heterocycles. The molecule has 0 aliphatic heterocycles. The normalized spacial score (nSPS) is 19.4. The van der Waals surface area contributed by atoms with Crippen molar-refractivity contribution in [3.63, 3.8) is 0 Å². The summed E-state index contributed by atoms with van der Waals surface area (Å²) in [6, 6.07) is 0.0740. The highest BCUT2D eigenvalue weighted by Gasteiger charge is 2.36. The predicted molar refractivity (Wildman–Crippen MR) is 55.7 cm³/mol. The molecule has 1 aromatic heterocycles. The third-order valence-electron chi connectivity index (χ3n) is 3.03. The predicted octanol–water partition coefficient (Wildman–Crippen LogP) is 0.829. The molecule has 1 aliphatic carbocycles. The van der Waals surface area contributed by atoms with E-state index in [2.05, 4.69) is 10.2 Å². The number of hydrogen-bond donors (Lipinski definition) is 1. The Morgan fingerprint density at radius 3 is 2.73 bits per heavy atom. The lowest BCUT2D eigenvalue weighted by Gasteiger charge is -2.23. The quantitative estimate of drug-likeness (QED) is 0.831. The lowest BCUT2D eigenvalue weighted by Crippen LogP contribution is -2.36. The number of sulfonamides is 1. The lowest BCUT2D eigenvalue weighted by molar-refractivity contribution is 0.357. The van der Waals surface area contributed by atoms with Crippen LogP contribution in [0.15, 0.2) is 17.3 Å². The van der Waals surface area contributed by atoms with Crippen LogP contribution in [0, 0.1) is 5.92 Å². The molecule has 1 fully saturated rings. The number of hydrogen-bond acceptors (Lipinski definition) is 3. The van der Waals surface area contributed by atoms with Crippen LogP contribution >= 0.6 is 0 Å². The number of aromatic nitrogens is 2. The summed E-state index contributed by atoms with van der Waals surface area (Å²) in [5.74, 6) is 0.525. The first-order valence-electron chi connectivity index (χ1n) is 5.00. The van der Waals surface area contributed by atoms with Crippen molar-refractivity contribution in [2.24, 2.45) is 5.92 Å². The zero-order chi connectivity index (χ0) is 11.1. The minimum atomic E-state index is -3.36. The monoisotopic (exact) mass is 229 g/mol. The second kappa shape index (κ2) is 3.61. The summed E-state index contributed by atoms with van der Waals surface area (Å²) in [5.41, 5.74) is 0. The van der Waals surface area contributed by atoms with E-state index in [0.717, 1.165) is 12.8 Å². The van der Waals surface area contributed by atoms with E-state index in [-0.39, 0.29) is 10.9 Å². The fourth-order valence-corrected chi connectivity index (χ4v) is 2.97. The SMILES string of the molecule is CC(C1CC1)N(C)S(=O)(=O)c1cn[nH]c1. The van der Waals surface area contributed by atoms with Gasteiger partial charge in [-0.3, -0.25) is 5.10 Å². The standard InChI is InChI=1S/C9H15N3O2S/c1-7(8-3-4-8)12(2)15(13,14)9-5-10-11-6-9/h5-8H,3-4H2,1-2H3,(H,10,11). The summed E-state index contributed by atoms with van der Waals surface area (Å²) in [7, 11) is -1.73. The highest BCUT2D eigenvalue weighted by Crippen LogP contribution is 2.36. The average Bonchev–Trinajstić information content (AvgIpc) is 2.90. The molecule has 1 unspecified atom stereocenters. The van der Waals surface area contributed by atoms with Gasteiger partial charge >= 0.3 is 0 Å². The number of aromatic amines is 1. The van der Waals surface area contributed by atoms with Gasteiger partial charge in [-0.05, 0) is 25.7 Å². The van der Waals surface area contributed by atoms with Gasteiger partial charge in [0.25, 0.3) is 0 Å². The first kappa shape index (κ1) is 10.6. The maximum atomic E-state index is 12.0. The van der Waals surface area contributed by atoms with Gasteiger partial charge in [-0.15, -0.1) is 0 Å². The minimum absolute atomic E-state index is 0.0740. The van der Waals surface area contributed by atoms with E-state index in [1.165, 1.54) is 16.7 Å². The van der Waals surface area contributed by atoms with E-state index in [0.29, 0.717) is 5.92 Å². The lowest BCUT2D eigenvalue weighted by atomic mass is 10.2. The van der Waals surface area contributed by atoms with Crippen LogP contribution in [0.25, 0.3) is 0 Å². The first-order chi connectivity index (χ1) is 7.03. The first-order valence-corrected chi connectivity index (χ1v) is 6.44. The van der Waals surface area contributed by atoms with Crippen molar-refractivity contribution in [1.29, 1.82) is 0 Å². The van der Waals surface area contributed by atoms with E-state index in [9.17, 15) is 8.42 Å². The largest absolute Gasteiger partial charge is 0.284 e. The van der Waals surface area contributed by atoms with Crippen LogP contribution in [0.5, 0.6) is 0 Å². The molecular weight excluding hydrogens is 214 g/mol. The highest BCUT2D eigenvalue weighted by molar-refractivity contribution is 7.89. The molecule has 0 amide bonds. The van der Waals surface area contributed by atoms with E-state index in [1.807, 2.05) is 6.92 Å². The summed E-state index contributed by atoms with van der Waals surface area (Å²) < 4.78 is 25.5. The summed E-state index contributed by atoms with van der Waals surface area (Å²) >= 11 is 0.